The van der Waals surface area contributed by atoms with Crippen LogP contribution in [0.4, 0.5) is 5.69 Å². The van der Waals surface area contributed by atoms with E-state index in [0.717, 1.165) is 22.1 Å². The van der Waals surface area contributed by atoms with E-state index < -0.39 is 0 Å². The van der Waals surface area contributed by atoms with Gasteiger partial charge in [0.25, 0.3) is 5.91 Å². The lowest BCUT2D eigenvalue weighted by Crippen LogP contribution is -2.13. The van der Waals surface area contributed by atoms with E-state index >= 15 is 0 Å². The smallest absolute Gasteiger partial charge is 0.275 e. The Balaban J connectivity index is 1.73. The summed E-state index contributed by atoms with van der Waals surface area (Å²) in [6.07, 6.45) is 3.79. The third kappa shape index (κ3) is 4.12. The van der Waals surface area contributed by atoms with Gasteiger partial charge in [-0.2, -0.15) is 0 Å². The topological polar surface area (TPSA) is 85.8 Å². The maximum absolute atomic E-state index is 12.3. The molecule has 0 saturated carbocycles. The van der Waals surface area contributed by atoms with Gasteiger partial charge in [-0.1, -0.05) is 26.0 Å². The molecule has 0 aliphatic rings. The number of hydrogen-bond donors (Lipinski definition) is 2. The van der Waals surface area contributed by atoms with E-state index in [0.29, 0.717) is 24.7 Å². The fraction of sp³-hybridized carbons (Fsp3) is 0.278. The Morgan fingerprint density at radius 3 is 2.96 bits per heavy atom. The van der Waals surface area contributed by atoms with Crippen LogP contribution < -0.4 is 11.1 Å². The lowest BCUT2D eigenvalue weighted by Gasteiger charge is -2.11. The number of benzene rings is 1. The van der Waals surface area contributed by atoms with E-state index in [2.05, 4.69) is 33.7 Å². The van der Waals surface area contributed by atoms with Crippen LogP contribution in [0.2, 0.25) is 0 Å². The molecule has 1 amide bonds. The highest BCUT2D eigenvalue weighted by atomic mass is 32.1. The Morgan fingerprint density at radius 1 is 1.40 bits per heavy atom. The predicted molar refractivity (Wildman–Crippen MR) is 99.8 cm³/mol. The number of anilines is 1. The molecule has 3 aromatic rings. The Kier molecular flexibility index (Phi) is 5.25. The molecule has 25 heavy (non-hydrogen) atoms. The fourth-order valence-corrected chi connectivity index (χ4v) is 3.26. The second-order valence-corrected chi connectivity index (χ2v) is 7.00. The van der Waals surface area contributed by atoms with Gasteiger partial charge in [0.05, 0.1) is 0 Å². The van der Waals surface area contributed by atoms with Crippen molar-refractivity contribution in [3.63, 3.8) is 0 Å². The minimum Gasteiger partial charge on any atom is -0.330 e. The first-order chi connectivity index (χ1) is 12.1. The number of carbonyl (C=O) groups excluding carboxylic acids is 1. The van der Waals surface area contributed by atoms with Crippen LogP contribution in [0.15, 0.2) is 42.0 Å². The van der Waals surface area contributed by atoms with Crippen molar-refractivity contribution in [3.8, 4) is 0 Å². The molecule has 0 unspecified atom stereocenters. The number of imidazole rings is 1. The molecule has 0 aliphatic carbocycles. The standard InChI is InChI=1S/C18H21N5OS/c1-12(2)17-20-6-7-23(17)10-13-4-3-5-14(8-13)21-18(24)15-11-25-16(9-19)22-15/h3-8,11-12H,9-10,19H2,1-2H3,(H,21,24). The van der Waals surface area contributed by atoms with Crippen molar-refractivity contribution in [1.29, 1.82) is 0 Å². The molecule has 3 N–H and O–H groups in total. The van der Waals surface area contributed by atoms with E-state index in [1.54, 1.807) is 5.38 Å². The molecule has 2 aromatic heterocycles. The van der Waals surface area contributed by atoms with E-state index in [1.165, 1.54) is 11.3 Å². The molecule has 0 atom stereocenters. The normalized spacial score (nSPS) is 11.0. The van der Waals surface area contributed by atoms with Gasteiger partial charge in [-0.25, -0.2) is 9.97 Å². The first-order valence-corrected chi connectivity index (χ1v) is 9.00. The number of nitrogens with zero attached hydrogens (tertiary/aromatic N) is 3. The maximum Gasteiger partial charge on any atom is 0.275 e. The van der Waals surface area contributed by atoms with E-state index in [9.17, 15) is 4.79 Å². The maximum atomic E-state index is 12.3. The van der Waals surface area contributed by atoms with Gasteiger partial charge in [0.15, 0.2) is 0 Å². The van der Waals surface area contributed by atoms with Crippen molar-refractivity contribution in [3.05, 3.63) is 64.1 Å². The highest BCUT2D eigenvalue weighted by Gasteiger charge is 2.11. The zero-order chi connectivity index (χ0) is 17.8. The molecule has 0 spiro atoms. The molecule has 0 radical (unpaired) electrons. The first kappa shape index (κ1) is 17.3. The third-order valence-electron chi connectivity index (χ3n) is 3.76. The van der Waals surface area contributed by atoms with Crippen LogP contribution in [-0.4, -0.2) is 20.4 Å². The molecular weight excluding hydrogens is 334 g/mol. The summed E-state index contributed by atoms with van der Waals surface area (Å²) in [5.74, 6) is 1.18. The summed E-state index contributed by atoms with van der Waals surface area (Å²) in [7, 11) is 0. The molecule has 6 nitrogen and oxygen atoms in total. The molecule has 2 heterocycles. The SMILES string of the molecule is CC(C)c1nccn1Cc1cccc(NC(=O)c2csc(CN)n2)c1. The summed E-state index contributed by atoms with van der Waals surface area (Å²) >= 11 is 1.39. The summed E-state index contributed by atoms with van der Waals surface area (Å²) in [4.78, 5) is 20.9. The monoisotopic (exact) mass is 355 g/mol. The number of aromatic nitrogens is 3. The fourth-order valence-electron chi connectivity index (χ4n) is 2.60. The number of hydrogen-bond acceptors (Lipinski definition) is 5. The molecule has 1 aromatic carbocycles. The first-order valence-electron chi connectivity index (χ1n) is 8.12. The molecular formula is C18H21N5OS. The molecule has 0 bridgehead atoms. The van der Waals surface area contributed by atoms with Crippen LogP contribution in [-0.2, 0) is 13.1 Å². The van der Waals surface area contributed by atoms with Crippen molar-refractivity contribution in [2.45, 2.75) is 32.9 Å². The molecule has 0 fully saturated rings. The summed E-state index contributed by atoms with van der Waals surface area (Å²) in [6.45, 7) is 5.31. The second kappa shape index (κ2) is 7.58. The summed E-state index contributed by atoms with van der Waals surface area (Å²) < 4.78 is 2.12. The van der Waals surface area contributed by atoms with Crippen LogP contribution in [0, 0.1) is 0 Å². The summed E-state index contributed by atoms with van der Waals surface area (Å²) in [6, 6.07) is 7.81. The highest BCUT2D eigenvalue weighted by Crippen LogP contribution is 2.17. The summed E-state index contributed by atoms with van der Waals surface area (Å²) in [5, 5.41) is 5.37. The summed E-state index contributed by atoms with van der Waals surface area (Å²) in [5.41, 5.74) is 7.78. The van der Waals surface area contributed by atoms with Crippen molar-refractivity contribution >= 4 is 22.9 Å². The van der Waals surface area contributed by atoms with Gasteiger partial charge < -0.3 is 15.6 Å². The molecule has 0 aliphatic heterocycles. The zero-order valence-electron chi connectivity index (χ0n) is 14.3. The van der Waals surface area contributed by atoms with Gasteiger partial charge in [0.2, 0.25) is 0 Å². The minimum atomic E-state index is -0.224. The Bertz CT molecular complexity index is 868. The van der Waals surface area contributed by atoms with Crippen molar-refractivity contribution in [1.82, 2.24) is 14.5 Å². The van der Waals surface area contributed by atoms with E-state index in [-0.39, 0.29) is 5.91 Å². The van der Waals surface area contributed by atoms with Gasteiger partial charge in [-0.15, -0.1) is 11.3 Å². The van der Waals surface area contributed by atoms with Gasteiger partial charge in [0.1, 0.15) is 16.5 Å². The van der Waals surface area contributed by atoms with Crippen molar-refractivity contribution < 1.29 is 4.79 Å². The van der Waals surface area contributed by atoms with Crippen LogP contribution in [0.1, 0.15) is 46.6 Å². The lowest BCUT2D eigenvalue weighted by molar-refractivity contribution is 0.102. The van der Waals surface area contributed by atoms with E-state index in [1.807, 2.05) is 36.7 Å². The average Bonchev–Trinajstić information content (AvgIpc) is 3.24. The molecule has 7 heteroatoms. The number of rotatable bonds is 6. The van der Waals surface area contributed by atoms with Gasteiger partial charge in [-0.05, 0) is 17.7 Å². The Morgan fingerprint density at radius 2 is 2.24 bits per heavy atom. The Labute approximate surface area is 150 Å². The van der Waals surface area contributed by atoms with Crippen LogP contribution in [0.25, 0.3) is 0 Å². The zero-order valence-corrected chi connectivity index (χ0v) is 15.1. The van der Waals surface area contributed by atoms with Crippen molar-refractivity contribution in [2.75, 3.05) is 5.32 Å². The number of carbonyl (C=O) groups is 1. The predicted octanol–water partition coefficient (Wildman–Crippen LogP) is 3.22. The van der Waals surface area contributed by atoms with Gasteiger partial charge >= 0.3 is 0 Å². The van der Waals surface area contributed by atoms with Crippen LogP contribution >= 0.6 is 11.3 Å². The van der Waals surface area contributed by atoms with Crippen molar-refractivity contribution in [2.24, 2.45) is 5.73 Å². The number of thiazole rings is 1. The number of nitrogens with two attached hydrogens (primary N) is 1. The lowest BCUT2D eigenvalue weighted by atomic mass is 10.1. The Hall–Kier alpha value is -2.51. The van der Waals surface area contributed by atoms with Crippen LogP contribution in [0.3, 0.4) is 0 Å². The quantitative estimate of drug-likeness (QED) is 0.711. The molecule has 3 rings (SSSR count). The van der Waals surface area contributed by atoms with Gasteiger partial charge in [-0.3, -0.25) is 4.79 Å². The van der Waals surface area contributed by atoms with E-state index in [4.69, 9.17) is 5.73 Å². The number of nitrogens with one attached hydrogen (secondary N) is 1. The second-order valence-electron chi connectivity index (χ2n) is 6.05. The van der Waals surface area contributed by atoms with Crippen LogP contribution in [0.5, 0.6) is 0 Å². The van der Waals surface area contributed by atoms with Gasteiger partial charge in [0, 0.05) is 42.5 Å². The number of amides is 1. The minimum absolute atomic E-state index is 0.224. The third-order valence-corrected chi connectivity index (χ3v) is 4.63. The molecule has 130 valence electrons. The highest BCUT2D eigenvalue weighted by molar-refractivity contribution is 7.09. The molecule has 0 saturated heterocycles. The largest absolute Gasteiger partial charge is 0.330 e. The average molecular weight is 355 g/mol.